The Bertz CT molecular complexity index is 1180. The molecule has 2 aliphatic rings. The van der Waals surface area contributed by atoms with Crippen LogP contribution >= 0.6 is 0 Å². The molecule has 0 radical (unpaired) electrons. The predicted molar refractivity (Wildman–Crippen MR) is 101 cm³/mol. The van der Waals surface area contributed by atoms with E-state index in [9.17, 15) is 18.0 Å². The minimum absolute atomic E-state index is 0.0835. The molecule has 2 atom stereocenters. The molecule has 0 amide bonds. The highest BCUT2D eigenvalue weighted by molar-refractivity contribution is 5.84. The fourth-order valence-corrected chi connectivity index (χ4v) is 4.32. The van der Waals surface area contributed by atoms with E-state index >= 15 is 0 Å². The zero-order valence-electron chi connectivity index (χ0n) is 15.0. The molecule has 144 valence electrons. The number of piperidine rings is 1. The Balaban J connectivity index is 1.70. The van der Waals surface area contributed by atoms with E-state index in [4.69, 9.17) is 5.73 Å². The van der Waals surface area contributed by atoms with Crippen molar-refractivity contribution in [2.45, 2.75) is 18.4 Å². The van der Waals surface area contributed by atoms with Crippen molar-refractivity contribution in [2.75, 3.05) is 18.0 Å². The molecule has 4 nitrogen and oxygen atoms in total. The van der Waals surface area contributed by atoms with Crippen LogP contribution in [0.5, 0.6) is 0 Å². The average molecular weight is 385 g/mol. The number of halogens is 3. The van der Waals surface area contributed by atoms with E-state index in [1.807, 2.05) is 4.90 Å². The second-order valence-electron chi connectivity index (χ2n) is 7.81. The van der Waals surface area contributed by atoms with Gasteiger partial charge < -0.3 is 15.2 Å². The molecule has 1 aliphatic heterocycles. The molecule has 1 aliphatic carbocycles. The van der Waals surface area contributed by atoms with Crippen molar-refractivity contribution in [3.63, 3.8) is 0 Å². The van der Waals surface area contributed by atoms with E-state index in [1.54, 1.807) is 6.07 Å². The molecule has 0 spiro atoms. The molecular formula is C21H18F3N3O. The third-order valence-corrected chi connectivity index (χ3v) is 5.99. The zero-order chi connectivity index (χ0) is 19.6. The van der Waals surface area contributed by atoms with Crippen LogP contribution in [-0.2, 0) is 0 Å². The molecule has 7 heteroatoms. The molecule has 2 N–H and O–H groups in total. The molecule has 28 heavy (non-hydrogen) atoms. The van der Waals surface area contributed by atoms with E-state index in [-0.39, 0.29) is 22.0 Å². The maximum absolute atomic E-state index is 14.9. The minimum Gasteiger partial charge on any atom is -0.367 e. The van der Waals surface area contributed by atoms with Gasteiger partial charge in [-0.2, -0.15) is 0 Å². The Kier molecular flexibility index (Phi) is 3.61. The van der Waals surface area contributed by atoms with Crippen molar-refractivity contribution in [3.8, 4) is 5.69 Å². The SMILES string of the molecule is NC12CC1CCN(c1cc3c(cc1F)c(=O)ccn3-c1ccc(F)cc1F)C2. The van der Waals surface area contributed by atoms with Crippen LogP contribution in [0.1, 0.15) is 12.8 Å². The molecule has 1 saturated carbocycles. The van der Waals surface area contributed by atoms with Gasteiger partial charge in [-0.15, -0.1) is 0 Å². The van der Waals surface area contributed by atoms with Gasteiger partial charge in [-0.3, -0.25) is 4.79 Å². The van der Waals surface area contributed by atoms with Gasteiger partial charge >= 0.3 is 0 Å². The summed E-state index contributed by atoms with van der Waals surface area (Å²) in [6, 6.07) is 7.20. The lowest BCUT2D eigenvalue weighted by Crippen LogP contribution is -2.45. The Labute approximate surface area is 159 Å². The van der Waals surface area contributed by atoms with Crippen LogP contribution in [0.2, 0.25) is 0 Å². The first kappa shape index (κ1) is 17.3. The fourth-order valence-electron chi connectivity index (χ4n) is 4.32. The quantitative estimate of drug-likeness (QED) is 0.736. The number of aromatic nitrogens is 1. The molecule has 2 unspecified atom stereocenters. The minimum atomic E-state index is -0.768. The van der Waals surface area contributed by atoms with Gasteiger partial charge in [0, 0.05) is 42.3 Å². The lowest BCUT2D eigenvalue weighted by molar-refractivity contribution is 0.485. The summed E-state index contributed by atoms with van der Waals surface area (Å²) in [6.45, 7) is 1.22. The number of anilines is 1. The number of nitrogens with zero attached hydrogens (tertiary/aromatic N) is 2. The van der Waals surface area contributed by atoms with Crippen molar-refractivity contribution in [2.24, 2.45) is 11.7 Å². The number of fused-ring (bicyclic) bond motifs is 2. The molecule has 1 aromatic heterocycles. The molecule has 2 aromatic carbocycles. The highest BCUT2D eigenvalue weighted by Gasteiger charge is 2.54. The second kappa shape index (κ2) is 5.85. The third kappa shape index (κ3) is 2.61. The fraction of sp³-hybridized carbons (Fsp3) is 0.286. The molecule has 2 heterocycles. The number of pyridine rings is 1. The van der Waals surface area contributed by atoms with Crippen LogP contribution < -0.4 is 16.1 Å². The Morgan fingerprint density at radius 1 is 1.04 bits per heavy atom. The van der Waals surface area contributed by atoms with E-state index < -0.39 is 17.5 Å². The normalized spacial score (nSPS) is 23.7. The Hall–Kier alpha value is -2.80. The first-order valence-corrected chi connectivity index (χ1v) is 9.20. The highest BCUT2D eigenvalue weighted by atomic mass is 19.1. The van der Waals surface area contributed by atoms with Crippen LogP contribution in [0, 0.1) is 23.4 Å². The summed E-state index contributed by atoms with van der Waals surface area (Å²) in [4.78, 5) is 14.2. The van der Waals surface area contributed by atoms with Crippen molar-refractivity contribution < 1.29 is 13.2 Å². The summed E-state index contributed by atoms with van der Waals surface area (Å²) < 4.78 is 44.0. The summed E-state index contributed by atoms with van der Waals surface area (Å²) in [5.41, 5.74) is 6.45. The second-order valence-corrected chi connectivity index (χ2v) is 7.81. The Morgan fingerprint density at radius 2 is 1.82 bits per heavy atom. The van der Waals surface area contributed by atoms with Crippen molar-refractivity contribution >= 4 is 16.6 Å². The molecule has 3 aromatic rings. The first-order valence-electron chi connectivity index (χ1n) is 9.20. The third-order valence-electron chi connectivity index (χ3n) is 5.99. The average Bonchev–Trinajstić information content (AvgIpc) is 3.33. The first-order chi connectivity index (χ1) is 13.4. The number of hydrogen-bond acceptors (Lipinski definition) is 3. The maximum Gasteiger partial charge on any atom is 0.189 e. The smallest absolute Gasteiger partial charge is 0.189 e. The van der Waals surface area contributed by atoms with Gasteiger partial charge in [0.25, 0.3) is 0 Å². The van der Waals surface area contributed by atoms with E-state index in [1.165, 1.54) is 29.0 Å². The van der Waals surface area contributed by atoms with Gasteiger partial charge in [-0.05, 0) is 43.0 Å². The van der Waals surface area contributed by atoms with Crippen molar-refractivity contribution in [1.82, 2.24) is 4.57 Å². The van der Waals surface area contributed by atoms with Gasteiger partial charge in [0.2, 0.25) is 0 Å². The van der Waals surface area contributed by atoms with Crippen molar-refractivity contribution in [3.05, 3.63) is 70.3 Å². The topological polar surface area (TPSA) is 51.3 Å². The van der Waals surface area contributed by atoms with Gasteiger partial charge in [0.15, 0.2) is 5.43 Å². The Morgan fingerprint density at radius 3 is 2.57 bits per heavy atom. The summed E-state index contributed by atoms with van der Waals surface area (Å²) >= 11 is 0. The van der Waals surface area contributed by atoms with Crippen LogP contribution in [0.15, 0.2) is 47.4 Å². The highest BCUT2D eigenvalue weighted by Crippen LogP contribution is 2.48. The summed E-state index contributed by atoms with van der Waals surface area (Å²) in [5.74, 6) is -1.49. The number of hydrogen-bond donors (Lipinski definition) is 1. The standard InChI is InChI=1S/C21H18F3N3O/c22-13-1-2-17(15(23)7-13)27-6-4-20(28)14-8-16(24)19(9-18(14)27)26-5-3-12-10-21(12,25)11-26/h1-2,4,6-9,12H,3,5,10-11,25H2. The zero-order valence-corrected chi connectivity index (χ0v) is 15.0. The van der Waals surface area contributed by atoms with Crippen LogP contribution in [0.4, 0.5) is 18.9 Å². The summed E-state index contributed by atoms with van der Waals surface area (Å²) in [7, 11) is 0. The van der Waals surface area contributed by atoms with Gasteiger partial charge in [0.05, 0.1) is 16.9 Å². The maximum atomic E-state index is 14.9. The number of rotatable bonds is 2. The van der Waals surface area contributed by atoms with E-state index in [0.29, 0.717) is 30.2 Å². The lowest BCUT2D eigenvalue weighted by Gasteiger charge is -2.33. The monoisotopic (exact) mass is 385 g/mol. The number of benzene rings is 2. The number of nitrogens with two attached hydrogens (primary N) is 1. The van der Waals surface area contributed by atoms with Crippen LogP contribution in [0.25, 0.3) is 16.6 Å². The predicted octanol–water partition coefficient (Wildman–Crippen LogP) is 3.34. The van der Waals surface area contributed by atoms with Crippen LogP contribution in [0.3, 0.4) is 0 Å². The van der Waals surface area contributed by atoms with E-state index in [0.717, 1.165) is 25.0 Å². The van der Waals surface area contributed by atoms with Crippen molar-refractivity contribution in [1.29, 1.82) is 0 Å². The molecule has 1 saturated heterocycles. The van der Waals surface area contributed by atoms with Gasteiger partial charge in [-0.1, -0.05) is 0 Å². The van der Waals surface area contributed by atoms with E-state index in [2.05, 4.69) is 0 Å². The van der Waals surface area contributed by atoms with Crippen LogP contribution in [-0.4, -0.2) is 23.2 Å². The summed E-state index contributed by atoms with van der Waals surface area (Å²) in [6.07, 6.45) is 3.24. The molecule has 0 bridgehead atoms. The molecule has 2 fully saturated rings. The largest absolute Gasteiger partial charge is 0.367 e. The van der Waals surface area contributed by atoms with Gasteiger partial charge in [-0.25, -0.2) is 13.2 Å². The lowest BCUT2D eigenvalue weighted by atomic mass is 10.0. The molecule has 5 rings (SSSR count). The van der Waals surface area contributed by atoms with Gasteiger partial charge in [0.1, 0.15) is 17.5 Å². The molecular weight excluding hydrogens is 367 g/mol. The summed E-state index contributed by atoms with van der Waals surface area (Å²) in [5, 5.41) is 0.135.